The van der Waals surface area contributed by atoms with E-state index in [1.807, 2.05) is 6.92 Å². The van der Waals surface area contributed by atoms with Crippen molar-refractivity contribution in [2.45, 2.75) is 26.2 Å². The Morgan fingerprint density at radius 1 is 1.46 bits per heavy atom. The lowest BCUT2D eigenvalue weighted by molar-refractivity contribution is -0.299. The van der Waals surface area contributed by atoms with Crippen LogP contribution in [-0.4, -0.2) is 31.0 Å². The van der Waals surface area contributed by atoms with Crippen LogP contribution in [-0.2, 0) is 4.79 Å². The van der Waals surface area contributed by atoms with Crippen LogP contribution in [0.1, 0.15) is 26.2 Å². The number of carbonyl (C=O) groups excluding carboxylic acids is 1. The number of likely N-dealkylation sites (tertiary alicyclic amines) is 1. The van der Waals surface area contributed by atoms with Gasteiger partial charge in [0.25, 0.3) is 0 Å². The second-order valence-electron chi connectivity index (χ2n) is 3.53. The minimum absolute atomic E-state index is 0.521. The van der Waals surface area contributed by atoms with Gasteiger partial charge in [-0.25, -0.2) is 0 Å². The first-order valence-corrected chi connectivity index (χ1v) is 4.76. The predicted molar refractivity (Wildman–Crippen MR) is 49.1 cm³/mol. The van der Waals surface area contributed by atoms with Gasteiger partial charge < -0.3 is 14.8 Å². The highest BCUT2D eigenvalue weighted by Crippen LogP contribution is 2.20. The van der Waals surface area contributed by atoms with Gasteiger partial charge in [-0.05, 0) is 31.9 Å². The van der Waals surface area contributed by atoms with E-state index in [1.54, 1.807) is 0 Å². The van der Waals surface area contributed by atoms with E-state index in [1.165, 1.54) is 0 Å². The first-order valence-electron chi connectivity index (χ1n) is 4.76. The largest absolute Gasteiger partial charge is 0.545 e. The lowest BCUT2D eigenvalue weighted by Gasteiger charge is -2.26. The summed E-state index contributed by atoms with van der Waals surface area (Å²) in [6.07, 6.45) is 2.35. The Balaban J connectivity index is 2.72. The summed E-state index contributed by atoms with van der Waals surface area (Å²) in [7, 11) is 2.06. The van der Waals surface area contributed by atoms with Crippen LogP contribution in [0.5, 0.6) is 0 Å². The van der Waals surface area contributed by atoms with Crippen LogP contribution in [0.4, 0.5) is 0 Å². The normalized spacial score (nSPS) is 18.8. The number of carboxylic acid groups (broad SMARTS) is 1. The molecule has 1 rings (SSSR count). The zero-order valence-corrected chi connectivity index (χ0v) is 8.30. The van der Waals surface area contributed by atoms with Crippen molar-refractivity contribution in [1.29, 1.82) is 0 Å². The van der Waals surface area contributed by atoms with Gasteiger partial charge in [0.1, 0.15) is 0 Å². The summed E-state index contributed by atoms with van der Waals surface area (Å²) in [5.41, 5.74) is 1.61. The maximum absolute atomic E-state index is 10.7. The van der Waals surface area contributed by atoms with Crippen molar-refractivity contribution < 1.29 is 9.90 Å². The molecule has 0 bridgehead atoms. The third-order valence-electron chi connectivity index (χ3n) is 2.62. The molecule has 0 aromatic carbocycles. The molecule has 1 heterocycles. The summed E-state index contributed by atoms with van der Waals surface area (Å²) in [4.78, 5) is 12.9. The summed E-state index contributed by atoms with van der Waals surface area (Å²) < 4.78 is 0. The fraction of sp³-hybridized carbons (Fsp3) is 0.700. The monoisotopic (exact) mass is 182 g/mol. The van der Waals surface area contributed by atoms with E-state index in [9.17, 15) is 9.90 Å². The maximum atomic E-state index is 10.7. The molecule has 0 aromatic rings. The molecule has 0 N–H and O–H groups in total. The van der Waals surface area contributed by atoms with Crippen LogP contribution in [0.25, 0.3) is 0 Å². The summed E-state index contributed by atoms with van der Waals surface area (Å²) in [5, 5.41) is 10.7. The molecule has 0 amide bonds. The van der Waals surface area contributed by atoms with Crippen LogP contribution in [0.3, 0.4) is 0 Å². The van der Waals surface area contributed by atoms with E-state index in [-0.39, 0.29) is 0 Å². The van der Waals surface area contributed by atoms with E-state index in [2.05, 4.69) is 11.9 Å². The molecular weight excluding hydrogens is 166 g/mol. The molecule has 1 fully saturated rings. The Hall–Kier alpha value is -0.830. The van der Waals surface area contributed by atoms with E-state index < -0.39 is 5.97 Å². The topological polar surface area (TPSA) is 43.4 Å². The van der Waals surface area contributed by atoms with Crippen molar-refractivity contribution in [3.8, 4) is 0 Å². The van der Waals surface area contributed by atoms with E-state index in [4.69, 9.17) is 0 Å². The molecule has 74 valence electrons. The Morgan fingerprint density at radius 2 is 2.00 bits per heavy atom. The first kappa shape index (κ1) is 10.3. The van der Waals surface area contributed by atoms with Gasteiger partial charge in [-0.15, -0.1) is 0 Å². The molecule has 13 heavy (non-hydrogen) atoms. The Kier molecular flexibility index (Phi) is 3.48. The highest BCUT2D eigenvalue weighted by molar-refractivity contribution is 5.85. The summed E-state index contributed by atoms with van der Waals surface area (Å²) in [6.45, 7) is 3.80. The Bertz CT molecular complexity index is 223. The lowest BCUT2D eigenvalue weighted by Crippen LogP contribution is -2.30. The van der Waals surface area contributed by atoms with Crippen LogP contribution in [0.2, 0.25) is 0 Å². The number of rotatable bonds is 2. The van der Waals surface area contributed by atoms with Crippen molar-refractivity contribution in [3.63, 3.8) is 0 Å². The number of carboxylic acids is 1. The minimum atomic E-state index is -0.984. The van der Waals surface area contributed by atoms with Gasteiger partial charge in [-0.2, -0.15) is 0 Å². The second-order valence-corrected chi connectivity index (χ2v) is 3.53. The quantitative estimate of drug-likeness (QED) is 0.572. The predicted octanol–water partition coefficient (Wildman–Crippen LogP) is 0.168. The highest BCUT2D eigenvalue weighted by atomic mass is 16.4. The standard InChI is InChI=1S/C10H17NO2/c1-3-9(10(12)13)8-4-6-11(2)7-5-8/h3-7H2,1-2H3,(H,12,13)/p-1. The van der Waals surface area contributed by atoms with Crippen molar-refractivity contribution >= 4 is 5.97 Å². The summed E-state index contributed by atoms with van der Waals surface area (Å²) in [6, 6.07) is 0. The average molecular weight is 182 g/mol. The van der Waals surface area contributed by atoms with Crippen LogP contribution < -0.4 is 5.11 Å². The van der Waals surface area contributed by atoms with Crippen molar-refractivity contribution in [1.82, 2.24) is 4.90 Å². The van der Waals surface area contributed by atoms with Gasteiger partial charge in [0.2, 0.25) is 0 Å². The molecule has 0 aromatic heterocycles. The van der Waals surface area contributed by atoms with Crippen LogP contribution in [0, 0.1) is 0 Å². The second kappa shape index (κ2) is 4.42. The van der Waals surface area contributed by atoms with Crippen molar-refractivity contribution in [2.75, 3.05) is 20.1 Å². The highest BCUT2D eigenvalue weighted by Gasteiger charge is 2.13. The van der Waals surface area contributed by atoms with E-state index in [0.717, 1.165) is 31.5 Å². The van der Waals surface area contributed by atoms with Gasteiger partial charge in [-0.1, -0.05) is 12.5 Å². The number of piperidine rings is 1. The molecule has 0 aliphatic carbocycles. The Labute approximate surface area is 79.0 Å². The maximum Gasteiger partial charge on any atom is 0.0674 e. The molecule has 0 radical (unpaired) electrons. The molecule has 1 aliphatic heterocycles. The number of aliphatic carboxylic acids is 1. The third-order valence-corrected chi connectivity index (χ3v) is 2.62. The van der Waals surface area contributed by atoms with Crippen LogP contribution >= 0.6 is 0 Å². The molecular formula is C10H16NO2-. The minimum Gasteiger partial charge on any atom is -0.545 e. The molecule has 0 atom stereocenters. The number of hydrogen-bond donors (Lipinski definition) is 0. The number of nitrogens with zero attached hydrogens (tertiary/aromatic N) is 1. The summed E-state index contributed by atoms with van der Waals surface area (Å²) in [5.74, 6) is -0.984. The number of carbonyl (C=O) groups is 1. The van der Waals surface area contributed by atoms with Crippen molar-refractivity contribution in [3.05, 3.63) is 11.1 Å². The van der Waals surface area contributed by atoms with Gasteiger partial charge in [0.15, 0.2) is 0 Å². The van der Waals surface area contributed by atoms with Gasteiger partial charge >= 0.3 is 0 Å². The summed E-state index contributed by atoms with van der Waals surface area (Å²) >= 11 is 0. The lowest BCUT2D eigenvalue weighted by atomic mass is 9.97. The molecule has 1 saturated heterocycles. The van der Waals surface area contributed by atoms with E-state index in [0.29, 0.717) is 12.0 Å². The third kappa shape index (κ3) is 2.56. The first-order chi connectivity index (χ1) is 6.15. The molecule has 0 spiro atoms. The van der Waals surface area contributed by atoms with E-state index >= 15 is 0 Å². The zero-order valence-electron chi connectivity index (χ0n) is 8.30. The van der Waals surface area contributed by atoms with Gasteiger partial charge in [0, 0.05) is 13.1 Å². The molecule has 3 heteroatoms. The smallest absolute Gasteiger partial charge is 0.0674 e. The molecule has 3 nitrogen and oxygen atoms in total. The van der Waals surface area contributed by atoms with Gasteiger partial charge in [-0.3, -0.25) is 0 Å². The average Bonchev–Trinajstić information content (AvgIpc) is 2.09. The molecule has 0 unspecified atom stereocenters. The van der Waals surface area contributed by atoms with Crippen molar-refractivity contribution in [2.24, 2.45) is 0 Å². The van der Waals surface area contributed by atoms with Gasteiger partial charge in [0.05, 0.1) is 5.97 Å². The molecule has 1 aliphatic rings. The Morgan fingerprint density at radius 3 is 2.38 bits per heavy atom. The SMILES string of the molecule is CCC(C(=O)[O-])=C1CCN(C)CC1. The molecule has 0 saturated carbocycles. The van der Waals surface area contributed by atoms with Crippen LogP contribution in [0.15, 0.2) is 11.1 Å². The fourth-order valence-electron chi connectivity index (χ4n) is 1.73. The fourth-order valence-corrected chi connectivity index (χ4v) is 1.73. The zero-order chi connectivity index (χ0) is 9.84. The number of hydrogen-bond acceptors (Lipinski definition) is 3.